The Morgan fingerprint density at radius 1 is 0.958 bits per heavy atom. The topological polar surface area (TPSA) is 55.4 Å². The number of ether oxygens (including phenoxy) is 1. The molecule has 5 saturated carbocycles. The quantitative estimate of drug-likeness (QED) is 0.802. The first-order valence-electron chi connectivity index (χ1n) is 9.98. The zero-order chi connectivity index (χ0) is 16.7. The monoisotopic (exact) mass is 333 g/mol. The molecule has 4 bridgehead atoms. The summed E-state index contributed by atoms with van der Waals surface area (Å²) in [6, 6.07) is -0.434. The molecule has 0 aromatic carbocycles. The van der Waals surface area contributed by atoms with Crippen LogP contribution in [-0.2, 0) is 14.3 Å². The molecule has 0 aromatic rings. The first-order valence-corrected chi connectivity index (χ1v) is 9.98. The van der Waals surface area contributed by atoms with Crippen molar-refractivity contribution in [2.75, 3.05) is 7.11 Å². The van der Waals surface area contributed by atoms with E-state index < -0.39 is 6.04 Å². The summed E-state index contributed by atoms with van der Waals surface area (Å²) in [4.78, 5) is 25.6. The number of hydrogen-bond acceptors (Lipinski definition) is 3. The molecule has 4 heteroatoms. The van der Waals surface area contributed by atoms with Crippen LogP contribution in [0.5, 0.6) is 0 Å². The average molecular weight is 333 g/mol. The number of rotatable bonds is 4. The van der Waals surface area contributed by atoms with Crippen molar-refractivity contribution in [3.63, 3.8) is 0 Å². The number of methoxy groups -OCH3 is 1. The highest BCUT2D eigenvalue weighted by atomic mass is 16.5. The lowest BCUT2D eigenvalue weighted by Gasteiger charge is -2.56. The van der Waals surface area contributed by atoms with Crippen LogP contribution in [0.25, 0.3) is 0 Å². The number of esters is 1. The first-order chi connectivity index (χ1) is 11.6. The Labute approximate surface area is 145 Å². The molecule has 0 spiro atoms. The van der Waals surface area contributed by atoms with Crippen LogP contribution >= 0.6 is 0 Å². The lowest BCUT2D eigenvalue weighted by atomic mass is 9.49. The van der Waals surface area contributed by atoms with E-state index in [9.17, 15) is 9.59 Å². The lowest BCUT2D eigenvalue weighted by molar-refractivity contribution is -0.154. The summed E-state index contributed by atoms with van der Waals surface area (Å²) in [5.74, 6) is 2.39. The van der Waals surface area contributed by atoms with E-state index in [0.717, 1.165) is 62.7 Å². The zero-order valence-electron chi connectivity index (χ0n) is 14.9. The van der Waals surface area contributed by atoms with Gasteiger partial charge in [0.2, 0.25) is 5.91 Å². The van der Waals surface area contributed by atoms with Crippen molar-refractivity contribution in [1.29, 1.82) is 0 Å². The predicted molar refractivity (Wildman–Crippen MR) is 91.1 cm³/mol. The van der Waals surface area contributed by atoms with Gasteiger partial charge in [-0.2, -0.15) is 0 Å². The molecule has 5 fully saturated rings. The van der Waals surface area contributed by atoms with Gasteiger partial charge < -0.3 is 10.1 Å². The summed E-state index contributed by atoms with van der Waals surface area (Å²) < 4.78 is 5.03. The van der Waals surface area contributed by atoms with Crippen LogP contribution in [0.4, 0.5) is 0 Å². The highest BCUT2D eigenvalue weighted by molar-refractivity contribution is 5.88. The fourth-order valence-corrected chi connectivity index (χ4v) is 6.65. The van der Waals surface area contributed by atoms with Crippen LogP contribution in [0.15, 0.2) is 0 Å². The summed E-state index contributed by atoms with van der Waals surface area (Å²) in [7, 11) is 1.44. The predicted octanol–water partition coefficient (Wildman–Crippen LogP) is 3.44. The molecule has 0 saturated heterocycles. The summed E-state index contributed by atoms with van der Waals surface area (Å²) in [5.41, 5.74) is -0.185. The molecule has 5 aliphatic carbocycles. The normalized spacial score (nSPS) is 39.5. The summed E-state index contributed by atoms with van der Waals surface area (Å²) in [5, 5.41) is 3.18. The van der Waals surface area contributed by atoms with Gasteiger partial charge in [0.05, 0.1) is 7.11 Å². The minimum atomic E-state index is -0.434. The summed E-state index contributed by atoms with van der Waals surface area (Å²) in [6.45, 7) is 0. The number of carbonyl (C=O) groups excluding carboxylic acids is 2. The Morgan fingerprint density at radius 2 is 1.50 bits per heavy atom. The van der Waals surface area contributed by atoms with Crippen molar-refractivity contribution in [3.05, 3.63) is 0 Å². The fraction of sp³-hybridized carbons (Fsp3) is 0.900. The molecule has 0 aromatic heterocycles. The van der Waals surface area contributed by atoms with Gasteiger partial charge in [0, 0.05) is 5.41 Å². The van der Waals surface area contributed by atoms with E-state index in [1.165, 1.54) is 32.8 Å². The molecule has 0 aliphatic heterocycles. The van der Waals surface area contributed by atoms with Crippen molar-refractivity contribution < 1.29 is 14.3 Å². The van der Waals surface area contributed by atoms with Crippen LogP contribution in [-0.4, -0.2) is 25.0 Å². The van der Waals surface area contributed by atoms with Gasteiger partial charge in [-0.15, -0.1) is 0 Å². The van der Waals surface area contributed by atoms with E-state index in [2.05, 4.69) is 5.32 Å². The number of nitrogens with one attached hydrogen (secondary N) is 1. The van der Waals surface area contributed by atoms with Crippen molar-refractivity contribution >= 4 is 11.9 Å². The number of amides is 1. The molecule has 24 heavy (non-hydrogen) atoms. The van der Waals surface area contributed by atoms with Gasteiger partial charge in [0.25, 0.3) is 0 Å². The van der Waals surface area contributed by atoms with Gasteiger partial charge in [-0.25, -0.2) is 4.79 Å². The van der Waals surface area contributed by atoms with E-state index in [1.54, 1.807) is 0 Å². The third-order valence-electron chi connectivity index (χ3n) is 7.38. The maximum Gasteiger partial charge on any atom is 0.328 e. The molecule has 4 nitrogen and oxygen atoms in total. The van der Waals surface area contributed by atoms with Gasteiger partial charge >= 0.3 is 5.97 Å². The van der Waals surface area contributed by atoms with E-state index in [-0.39, 0.29) is 23.2 Å². The average Bonchev–Trinajstić information content (AvgIpc) is 2.58. The molecule has 0 unspecified atom stereocenters. The lowest BCUT2D eigenvalue weighted by Crippen LogP contribution is -2.57. The SMILES string of the molecule is COC(=O)[C@@H](NC(=O)C12CC3CC(CC(C3)C1)C2)C1CCCCC1. The van der Waals surface area contributed by atoms with E-state index in [1.807, 2.05) is 0 Å². The molecule has 5 aliphatic rings. The van der Waals surface area contributed by atoms with E-state index >= 15 is 0 Å². The maximum atomic E-state index is 13.3. The largest absolute Gasteiger partial charge is 0.467 e. The van der Waals surface area contributed by atoms with Crippen molar-refractivity contribution in [1.82, 2.24) is 5.32 Å². The third-order valence-corrected chi connectivity index (χ3v) is 7.38. The molecule has 5 rings (SSSR count). The Balaban J connectivity index is 1.49. The molecular formula is C20H31NO3. The molecule has 1 amide bonds. The Morgan fingerprint density at radius 3 is 2.00 bits per heavy atom. The zero-order valence-corrected chi connectivity index (χ0v) is 14.9. The Bertz CT molecular complexity index is 474. The van der Waals surface area contributed by atoms with Gasteiger partial charge in [-0.3, -0.25) is 4.79 Å². The number of hydrogen-bond donors (Lipinski definition) is 1. The van der Waals surface area contributed by atoms with Crippen molar-refractivity contribution in [2.24, 2.45) is 29.1 Å². The van der Waals surface area contributed by atoms with Gasteiger partial charge in [-0.1, -0.05) is 19.3 Å². The van der Waals surface area contributed by atoms with Crippen molar-refractivity contribution in [3.8, 4) is 0 Å². The fourth-order valence-electron chi connectivity index (χ4n) is 6.65. The van der Waals surface area contributed by atoms with Crippen LogP contribution in [0, 0.1) is 29.1 Å². The second kappa shape index (κ2) is 6.34. The van der Waals surface area contributed by atoms with Crippen LogP contribution in [0.1, 0.15) is 70.6 Å². The van der Waals surface area contributed by atoms with Crippen LogP contribution in [0.3, 0.4) is 0 Å². The summed E-state index contributed by atoms with van der Waals surface area (Å²) >= 11 is 0. The third kappa shape index (κ3) is 2.86. The Hall–Kier alpha value is -1.06. The molecule has 1 atom stereocenters. The van der Waals surface area contributed by atoms with Crippen LogP contribution in [0.2, 0.25) is 0 Å². The van der Waals surface area contributed by atoms with Crippen molar-refractivity contribution in [2.45, 2.75) is 76.7 Å². The molecular weight excluding hydrogens is 302 g/mol. The van der Waals surface area contributed by atoms with E-state index in [4.69, 9.17) is 4.74 Å². The minimum Gasteiger partial charge on any atom is -0.467 e. The van der Waals surface area contributed by atoms with Gasteiger partial charge in [0.1, 0.15) is 6.04 Å². The molecule has 1 N–H and O–H groups in total. The minimum absolute atomic E-state index is 0.155. The highest BCUT2D eigenvalue weighted by Gasteiger charge is 2.55. The molecule has 0 heterocycles. The van der Waals surface area contributed by atoms with Gasteiger partial charge in [-0.05, 0) is 75.0 Å². The first kappa shape index (κ1) is 16.4. The molecule has 134 valence electrons. The highest BCUT2D eigenvalue weighted by Crippen LogP contribution is 2.60. The maximum absolute atomic E-state index is 13.3. The number of carbonyl (C=O) groups is 2. The second-order valence-corrected chi connectivity index (χ2v) is 9.07. The van der Waals surface area contributed by atoms with Gasteiger partial charge in [0.15, 0.2) is 0 Å². The van der Waals surface area contributed by atoms with E-state index in [0.29, 0.717) is 0 Å². The smallest absolute Gasteiger partial charge is 0.328 e. The Kier molecular flexibility index (Phi) is 4.34. The standard InChI is InChI=1S/C20H31NO3/c1-24-18(22)17(16-5-3-2-4-6-16)21-19(23)20-10-13-7-14(11-20)9-15(8-13)12-20/h13-17H,2-12H2,1H3,(H,21,23)/t13?,14?,15?,17-,20?/m0/s1. The second-order valence-electron chi connectivity index (χ2n) is 9.07. The molecule has 0 radical (unpaired) electrons. The summed E-state index contributed by atoms with van der Waals surface area (Å²) in [6.07, 6.45) is 12.7. The van der Waals surface area contributed by atoms with Crippen LogP contribution < -0.4 is 5.32 Å².